The van der Waals surface area contributed by atoms with Crippen molar-refractivity contribution >= 4 is 5.91 Å². The van der Waals surface area contributed by atoms with E-state index in [1.54, 1.807) is 0 Å². The second-order valence-electron chi connectivity index (χ2n) is 5.01. The Bertz CT molecular complexity index is 250. The molecule has 0 radical (unpaired) electrons. The molecule has 1 amide bonds. The lowest BCUT2D eigenvalue weighted by molar-refractivity contribution is -0.138. The molecule has 4 heteroatoms. The molecule has 1 unspecified atom stereocenters. The number of carbonyl (C=O) groups is 1. The Morgan fingerprint density at radius 3 is 2.94 bits per heavy atom. The summed E-state index contributed by atoms with van der Waals surface area (Å²) in [7, 11) is 0. The highest BCUT2D eigenvalue weighted by Gasteiger charge is 2.29. The van der Waals surface area contributed by atoms with Crippen molar-refractivity contribution in [1.29, 1.82) is 0 Å². The molecule has 0 aliphatic carbocycles. The van der Waals surface area contributed by atoms with Crippen LogP contribution in [-0.2, 0) is 9.53 Å². The molecule has 2 heterocycles. The quantitative estimate of drug-likeness (QED) is 0.805. The summed E-state index contributed by atoms with van der Waals surface area (Å²) in [5.74, 6) is 0.286. The lowest BCUT2D eigenvalue weighted by atomic mass is 10.0. The highest BCUT2D eigenvalue weighted by molar-refractivity contribution is 5.82. The summed E-state index contributed by atoms with van der Waals surface area (Å²) >= 11 is 0. The third-order valence-electron chi connectivity index (χ3n) is 3.70. The zero-order valence-electron chi connectivity index (χ0n) is 10.8. The molecular weight excluding hydrogens is 216 g/mol. The number of amides is 1. The van der Waals surface area contributed by atoms with Crippen LogP contribution in [0.1, 0.15) is 39.0 Å². The molecule has 2 saturated heterocycles. The van der Waals surface area contributed by atoms with Crippen molar-refractivity contribution in [1.82, 2.24) is 10.2 Å². The van der Waals surface area contributed by atoms with Gasteiger partial charge in [-0.25, -0.2) is 0 Å². The summed E-state index contributed by atoms with van der Waals surface area (Å²) in [6.45, 7) is 5.43. The first-order chi connectivity index (χ1) is 8.31. The highest BCUT2D eigenvalue weighted by Crippen LogP contribution is 2.16. The first kappa shape index (κ1) is 12.8. The minimum Gasteiger partial charge on any atom is -0.377 e. The van der Waals surface area contributed by atoms with Crippen molar-refractivity contribution in [2.75, 3.05) is 26.2 Å². The van der Waals surface area contributed by atoms with E-state index in [2.05, 4.69) is 5.32 Å². The van der Waals surface area contributed by atoms with E-state index < -0.39 is 0 Å². The van der Waals surface area contributed by atoms with Gasteiger partial charge in [-0.15, -0.1) is 0 Å². The Kier molecular flexibility index (Phi) is 4.80. The van der Waals surface area contributed by atoms with Crippen LogP contribution < -0.4 is 5.32 Å². The Morgan fingerprint density at radius 1 is 1.35 bits per heavy atom. The summed E-state index contributed by atoms with van der Waals surface area (Å²) in [5.41, 5.74) is 0. The monoisotopic (exact) mass is 240 g/mol. The first-order valence-corrected chi connectivity index (χ1v) is 6.95. The molecule has 4 nitrogen and oxygen atoms in total. The van der Waals surface area contributed by atoms with Crippen molar-refractivity contribution in [3.05, 3.63) is 0 Å². The van der Waals surface area contributed by atoms with Gasteiger partial charge in [0.05, 0.1) is 12.1 Å². The Hall–Kier alpha value is -0.610. The zero-order valence-corrected chi connectivity index (χ0v) is 10.8. The minimum absolute atomic E-state index is 0.0594. The summed E-state index contributed by atoms with van der Waals surface area (Å²) in [4.78, 5) is 14.3. The summed E-state index contributed by atoms with van der Waals surface area (Å²) < 4.78 is 5.64. The van der Waals surface area contributed by atoms with E-state index in [9.17, 15) is 4.79 Å². The standard InChI is InChI=1S/C13H24N2O2/c1-2-17-11-6-5-9-15(10-11)13(16)12-7-3-4-8-14-12/h11-12,14H,2-10H2,1H3/t11?,12-/m1/s1. The van der Waals surface area contributed by atoms with E-state index in [4.69, 9.17) is 4.74 Å². The third kappa shape index (κ3) is 3.42. The van der Waals surface area contributed by atoms with E-state index in [-0.39, 0.29) is 18.1 Å². The fourth-order valence-corrected chi connectivity index (χ4v) is 2.79. The van der Waals surface area contributed by atoms with Gasteiger partial charge in [0.25, 0.3) is 0 Å². The van der Waals surface area contributed by atoms with Gasteiger partial charge in [0, 0.05) is 19.7 Å². The van der Waals surface area contributed by atoms with Crippen LogP contribution >= 0.6 is 0 Å². The number of hydrogen-bond donors (Lipinski definition) is 1. The average Bonchev–Trinajstić information content (AvgIpc) is 2.40. The largest absolute Gasteiger partial charge is 0.377 e. The topological polar surface area (TPSA) is 41.6 Å². The molecule has 0 aromatic rings. The first-order valence-electron chi connectivity index (χ1n) is 6.95. The Balaban J connectivity index is 1.85. The van der Waals surface area contributed by atoms with Crippen LogP contribution in [0.5, 0.6) is 0 Å². The van der Waals surface area contributed by atoms with Crippen LogP contribution in [0.15, 0.2) is 0 Å². The second kappa shape index (κ2) is 6.36. The predicted octanol–water partition coefficient (Wildman–Crippen LogP) is 1.16. The van der Waals surface area contributed by atoms with E-state index in [1.165, 1.54) is 12.8 Å². The molecule has 2 aliphatic heterocycles. The maximum absolute atomic E-state index is 12.3. The maximum Gasteiger partial charge on any atom is 0.239 e. The van der Waals surface area contributed by atoms with Crippen molar-refractivity contribution in [2.45, 2.75) is 51.2 Å². The molecule has 0 aromatic carbocycles. The van der Waals surface area contributed by atoms with Gasteiger partial charge in [0.2, 0.25) is 5.91 Å². The summed E-state index contributed by atoms with van der Waals surface area (Å²) in [5, 5.41) is 3.33. The van der Waals surface area contributed by atoms with Crippen LogP contribution in [0, 0.1) is 0 Å². The zero-order chi connectivity index (χ0) is 12.1. The molecule has 98 valence electrons. The molecule has 0 spiro atoms. The molecule has 2 atom stereocenters. The number of hydrogen-bond acceptors (Lipinski definition) is 3. The van der Waals surface area contributed by atoms with E-state index in [0.29, 0.717) is 0 Å². The molecule has 0 aromatic heterocycles. The molecule has 17 heavy (non-hydrogen) atoms. The van der Waals surface area contributed by atoms with Crippen LogP contribution in [0.3, 0.4) is 0 Å². The number of rotatable bonds is 3. The fraction of sp³-hybridized carbons (Fsp3) is 0.923. The predicted molar refractivity (Wildman–Crippen MR) is 66.9 cm³/mol. The molecule has 2 aliphatic rings. The molecule has 2 fully saturated rings. The second-order valence-corrected chi connectivity index (χ2v) is 5.01. The summed E-state index contributed by atoms with van der Waals surface area (Å²) in [6, 6.07) is 0.0594. The van der Waals surface area contributed by atoms with Crippen molar-refractivity contribution in [2.24, 2.45) is 0 Å². The van der Waals surface area contributed by atoms with Crippen LogP contribution in [0.4, 0.5) is 0 Å². The Labute approximate surface area is 104 Å². The third-order valence-corrected chi connectivity index (χ3v) is 3.70. The van der Waals surface area contributed by atoms with E-state index in [1.807, 2.05) is 11.8 Å². The van der Waals surface area contributed by atoms with Crippen LogP contribution in [0.25, 0.3) is 0 Å². The Morgan fingerprint density at radius 2 is 2.24 bits per heavy atom. The SMILES string of the molecule is CCOC1CCCN(C(=O)[C@H]2CCCCN2)C1. The number of ether oxygens (including phenoxy) is 1. The van der Waals surface area contributed by atoms with Crippen LogP contribution in [0.2, 0.25) is 0 Å². The van der Waals surface area contributed by atoms with Gasteiger partial charge < -0.3 is 15.0 Å². The molecule has 1 N–H and O–H groups in total. The van der Waals surface area contributed by atoms with Gasteiger partial charge in [0.1, 0.15) is 0 Å². The van der Waals surface area contributed by atoms with Gasteiger partial charge in [-0.1, -0.05) is 6.42 Å². The lowest BCUT2D eigenvalue weighted by Crippen LogP contribution is -2.52. The maximum atomic E-state index is 12.3. The fourth-order valence-electron chi connectivity index (χ4n) is 2.79. The van der Waals surface area contributed by atoms with Gasteiger partial charge >= 0.3 is 0 Å². The molecule has 0 bridgehead atoms. The van der Waals surface area contributed by atoms with E-state index in [0.717, 1.165) is 45.5 Å². The molecule has 0 saturated carbocycles. The van der Waals surface area contributed by atoms with E-state index >= 15 is 0 Å². The van der Waals surface area contributed by atoms with Crippen molar-refractivity contribution < 1.29 is 9.53 Å². The van der Waals surface area contributed by atoms with Crippen molar-refractivity contribution in [3.63, 3.8) is 0 Å². The normalized spacial score (nSPS) is 30.3. The minimum atomic E-state index is 0.0594. The van der Waals surface area contributed by atoms with Crippen molar-refractivity contribution in [3.8, 4) is 0 Å². The smallest absolute Gasteiger partial charge is 0.239 e. The number of nitrogens with zero attached hydrogens (tertiary/aromatic N) is 1. The summed E-state index contributed by atoms with van der Waals surface area (Å²) in [6.07, 6.45) is 5.78. The average molecular weight is 240 g/mol. The molecule has 2 rings (SSSR count). The highest BCUT2D eigenvalue weighted by atomic mass is 16.5. The molecular formula is C13H24N2O2. The van der Waals surface area contributed by atoms with Gasteiger partial charge in [-0.2, -0.15) is 0 Å². The number of piperidine rings is 2. The lowest BCUT2D eigenvalue weighted by Gasteiger charge is -2.35. The van der Waals surface area contributed by atoms with Crippen LogP contribution in [-0.4, -0.2) is 49.2 Å². The van der Waals surface area contributed by atoms with Gasteiger partial charge in [-0.05, 0) is 39.2 Å². The van der Waals surface area contributed by atoms with Gasteiger partial charge in [-0.3, -0.25) is 4.79 Å². The van der Waals surface area contributed by atoms with Gasteiger partial charge in [0.15, 0.2) is 0 Å². The number of carbonyl (C=O) groups excluding carboxylic acids is 1. The number of likely N-dealkylation sites (tertiary alicyclic amines) is 1. The number of nitrogens with one attached hydrogen (secondary N) is 1.